The molecule has 208 valence electrons. The van der Waals surface area contributed by atoms with Crippen LogP contribution in [0.5, 0.6) is 11.5 Å². The number of ether oxygens (including phenoxy) is 3. The second-order valence-corrected chi connectivity index (χ2v) is 10.7. The highest BCUT2D eigenvalue weighted by molar-refractivity contribution is 6.38. The van der Waals surface area contributed by atoms with Crippen molar-refractivity contribution in [3.05, 3.63) is 47.2 Å². The van der Waals surface area contributed by atoms with Gasteiger partial charge in [0.05, 0.1) is 14.2 Å². The van der Waals surface area contributed by atoms with Crippen LogP contribution in [0.2, 0.25) is 0 Å². The molecule has 1 aromatic carbocycles. The van der Waals surface area contributed by atoms with Gasteiger partial charge in [0.1, 0.15) is 12.1 Å². The van der Waals surface area contributed by atoms with Gasteiger partial charge in [-0.05, 0) is 80.7 Å². The van der Waals surface area contributed by atoms with E-state index >= 15 is 0 Å². The highest BCUT2D eigenvalue weighted by atomic mass is 16.5. The van der Waals surface area contributed by atoms with Crippen LogP contribution in [0.1, 0.15) is 71.3 Å². The number of hydrogen-bond acceptors (Lipinski definition) is 7. The van der Waals surface area contributed by atoms with Gasteiger partial charge in [0.2, 0.25) is 5.78 Å². The van der Waals surface area contributed by atoms with Crippen LogP contribution in [0.25, 0.3) is 0 Å². The second kappa shape index (κ2) is 13.0. The molecule has 2 atom stereocenters. The van der Waals surface area contributed by atoms with E-state index in [-0.39, 0.29) is 0 Å². The first-order chi connectivity index (χ1) is 18.1. The number of likely N-dealkylation sites (tertiary alicyclic amines) is 1. The lowest BCUT2D eigenvalue weighted by Crippen LogP contribution is -2.53. The fraction of sp³-hybridized carbons (Fsp3) is 0.567. The molecule has 0 aromatic heterocycles. The van der Waals surface area contributed by atoms with Crippen molar-refractivity contribution in [2.75, 3.05) is 20.8 Å². The van der Waals surface area contributed by atoms with E-state index in [4.69, 9.17) is 19.9 Å². The van der Waals surface area contributed by atoms with Crippen LogP contribution in [0.15, 0.2) is 41.6 Å². The number of amides is 1. The van der Waals surface area contributed by atoms with E-state index in [9.17, 15) is 14.4 Å². The number of rotatable bonds is 11. The zero-order valence-electron chi connectivity index (χ0n) is 23.4. The molecule has 0 unspecified atom stereocenters. The van der Waals surface area contributed by atoms with Gasteiger partial charge < -0.3 is 24.8 Å². The van der Waals surface area contributed by atoms with Crippen LogP contribution in [-0.4, -0.2) is 55.5 Å². The molecule has 8 nitrogen and oxygen atoms in total. The number of nitrogens with zero attached hydrogens (tertiary/aromatic N) is 1. The molecule has 1 heterocycles. The third-order valence-corrected chi connectivity index (χ3v) is 7.67. The summed E-state index contributed by atoms with van der Waals surface area (Å²) in [5.41, 5.74) is 7.96. The van der Waals surface area contributed by atoms with Crippen molar-refractivity contribution in [2.45, 2.75) is 84.3 Å². The molecule has 1 aliphatic heterocycles. The van der Waals surface area contributed by atoms with E-state index in [1.807, 2.05) is 31.2 Å². The maximum Gasteiger partial charge on any atom is 0.329 e. The van der Waals surface area contributed by atoms with Gasteiger partial charge in [-0.25, -0.2) is 4.79 Å². The van der Waals surface area contributed by atoms with Gasteiger partial charge in [0.15, 0.2) is 11.5 Å². The lowest BCUT2D eigenvalue weighted by atomic mass is 9.84. The number of piperidine rings is 1. The molecular formula is C30H42N2O6. The van der Waals surface area contributed by atoms with E-state index in [1.54, 1.807) is 28.1 Å². The van der Waals surface area contributed by atoms with E-state index in [0.717, 1.165) is 42.5 Å². The molecule has 2 aliphatic rings. The van der Waals surface area contributed by atoms with Gasteiger partial charge in [-0.2, -0.15) is 0 Å². The number of ketones is 1. The molecule has 0 saturated carbocycles. The van der Waals surface area contributed by atoms with E-state index in [2.05, 4.69) is 6.08 Å². The summed E-state index contributed by atoms with van der Waals surface area (Å²) in [5, 5.41) is 0. The second-order valence-electron chi connectivity index (χ2n) is 10.7. The van der Waals surface area contributed by atoms with E-state index < -0.39 is 35.2 Å². The minimum Gasteiger partial charge on any atom is -0.493 e. The first kappa shape index (κ1) is 29.3. The average molecular weight is 527 g/mol. The minimum absolute atomic E-state index is 0.371. The molecule has 1 saturated heterocycles. The number of methoxy groups -OCH3 is 2. The summed E-state index contributed by atoms with van der Waals surface area (Å²) in [4.78, 5) is 41.1. The minimum atomic E-state index is -0.778. The van der Waals surface area contributed by atoms with Crippen molar-refractivity contribution < 1.29 is 28.6 Å². The molecule has 1 aliphatic carbocycles. The molecular weight excluding hydrogens is 484 g/mol. The van der Waals surface area contributed by atoms with Crippen molar-refractivity contribution >= 4 is 17.7 Å². The lowest BCUT2D eigenvalue weighted by molar-refractivity contribution is -0.163. The number of hydrogen-bond donors (Lipinski definition) is 1. The number of Topliss-reactive ketones (excluding diaryl/α,β-unsaturated/α-hetero) is 1. The van der Waals surface area contributed by atoms with E-state index in [1.165, 1.54) is 4.90 Å². The Morgan fingerprint density at radius 3 is 2.53 bits per heavy atom. The summed E-state index contributed by atoms with van der Waals surface area (Å²) in [6, 6.07) is 4.96. The van der Waals surface area contributed by atoms with Crippen LogP contribution in [-0.2, 0) is 25.5 Å². The molecule has 1 amide bonds. The Balaban J connectivity index is 1.80. The Morgan fingerprint density at radius 1 is 1.13 bits per heavy atom. The summed E-state index contributed by atoms with van der Waals surface area (Å²) >= 11 is 0. The van der Waals surface area contributed by atoms with E-state index in [0.29, 0.717) is 43.7 Å². The Hall–Kier alpha value is -3.29. The Labute approximate surface area is 226 Å². The highest BCUT2D eigenvalue weighted by Gasteiger charge is 2.41. The van der Waals surface area contributed by atoms with Crippen molar-refractivity contribution in [1.82, 2.24) is 4.90 Å². The van der Waals surface area contributed by atoms with Crippen LogP contribution < -0.4 is 15.2 Å². The molecule has 1 aromatic rings. The van der Waals surface area contributed by atoms with Crippen molar-refractivity contribution in [3.63, 3.8) is 0 Å². The monoisotopic (exact) mass is 526 g/mol. The summed E-state index contributed by atoms with van der Waals surface area (Å²) < 4.78 is 16.9. The first-order valence-electron chi connectivity index (χ1n) is 13.5. The van der Waals surface area contributed by atoms with Gasteiger partial charge in [0.25, 0.3) is 5.91 Å². The Kier molecular flexibility index (Phi) is 10.00. The van der Waals surface area contributed by atoms with Crippen molar-refractivity contribution in [2.24, 2.45) is 11.1 Å². The van der Waals surface area contributed by atoms with Crippen LogP contribution in [0, 0.1) is 5.41 Å². The summed E-state index contributed by atoms with van der Waals surface area (Å²) in [6.07, 6.45) is 8.66. The Bertz CT molecular complexity index is 1090. The average Bonchev–Trinajstić information content (AvgIpc) is 2.93. The van der Waals surface area contributed by atoms with Crippen molar-refractivity contribution in [1.29, 1.82) is 0 Å². The molecule has 2 N–H and O–H groups in total. The smallest absolute Gasteiger partial charge is 0.329 e. The van der Waals surface area contributed by atoms with Crippen LogP contribution in [0.4, 0.5) is 0 Å². The number of carbonyl (C=O) groups is 3. The lowest BCUT2D eigenvalue weighted by Gasteiger charge is -2.36. The molecule has 3 rings (SSSR count). The van der Waals surface area contributed by atoms with Crippen LogP contribution >= 0.6 is 0 Å². The summed E-state index contributed by atoms with van der Waals surface area (Å²) in [7, 11) is 3.19. The van der Waals surface area contributed by atoms with Gasteiger partial charge in [-0.1, -0.05) is 32.9 Å². The molecule has 8 heteroatoms. The third-order valence-electron chi connectivity index (χ3n) is 7.67. The topological polar surface area (TPSA) is 108 Å². The number of carbonyl (C=O) groups excluding carboxylic acids is 3. The number of allylic oxidation sites excluding steroid dienone is 2. The SMILES string of the molecule is CCC(C)(C)C(=O)C(=O)N1CCCC[C@H]1C(=O)O[C@H](CCc1ccc(OC)c(OC)c1)C1=CCCC(N)=C1. The zero-order chi connectivity index (χ0) is 27.9. The zero-order valence-corrected chi connectivity index (χ0v) is 23.4. The quantitative estimate of drug-likeness (QED) is 0.334. The summed E-state index contributed by atoms with van der Waals surface area (Å²) in [6.45, 7) is 5.78. The van der Waals surface area contributed by atoms with Crippen molar-refractivity contribution in [3.8, 4) is 11.5 Å². The maximum absolute atomic E-state index is 13.5. The fourth-order valence-corrected chi connectivity index (χ4v) is 4.82. The predicted molar refractivity (Wildman–Crippen MR) is 146 cm³/mol. The fourth-order valence-electron chi connectivity index (χ4n) is 4.82. The number of aryl methyl sites for hydroxylation is 1. The molecule has 1 fully saturated rings. The normalized spacial score (nSPS) is 18.7. The van der Waals surface area contributed by atoms with Gasteiger partial charge >= 0.3 is 5.97 Å². The van der Waals surface area contributed by atoms with Gasteiger partial charge in [-0.3, -0.25) is 9.59 Å². The number of esters is 1. The highest BCUT2D eigenvalue weighted by Crippen LogP contribution is 2.30. The Morgan fingerprint density at radius 2 is 1.87 bits per heavy atom. The molecule has 0 spiro atoms. The van der Waals surface area contributed by atoms with Gasteiger partial charge in [0, 0.05) is 17.7 Å². The standard InChI is InChI=1S/C30H42N2O6/c1-6-30(2,3)27(33)28(34)32-17-8-7-12-23(32)29(35)38-24(21-10-9-11-22(31)19-21)15-13-20-14-16-25(36-4)26(18-20)37-5/h10,14,16,18-19,23-24H,6-9,11-13,15,17,31H2,1-5H3/t23-,24+/m0/s1. The summed E-state index contributed by atoms with van der Waals surface area (Å²) in [5.74, 6) is -0.254. The number of benzene rings is 1. The molecule has 0 radical (unpaired) electrons. The largest absolute Gasteiger partial charge is 0.493 e. The van der Waals surface area contributed by atoms with Gasteiger partial charge in [-0.15, -0.1) is 0 Å². The first-order valence-corrected chi connectivity index (χ1v) is 13.5. The molecule has 38 heavy (non-hydrogen) atoms. The third kappa shape index (κ3) is 6.97. The number of nitrogens with two attached hydrogens (primary N) is 1. The molecule has 0 bridgehead atoms. The predicted octanol–water partition coefficient (Wildman–Crippen LogP) is 4.50. The van der Waals surface area contributed by atoms with Crippen LogP contribution in [0.3, 0.4) is 0 Å². The maximum atomic E-state index is 13.5.